The minimum absolute atomic E-state index is 0.0101. The van der Waals surface area contributed by atoms with E-state index in [1.54, 1.807) is 0 Å². The van der Waals surface area contributed by atoms with E-state index in [-0.39, 0.29) is 29.5 Å². The van der Waals surface area contributed by atoms with E-state index >= 15 is 0 Å². The predicted molar refractivity (Wildman–Crippen MR) is 118 cm³/mol. The number of carbonyl (C=O) groups is 2. The second-order valence-electron chi connectivity index (χ2n) is 8.16. The van der Waals surface area contributed by atoms with E-state index in [0.29, 0.717) is 6.61 Å². The molecule has 6 heteroatoms. The Kier molecular flexibility index (Phi) is 5.23. The minimum Gasteiger partial charge on any atom is -0.507 e. The van der Waals surface area contributed by atoms with Crippen molar-refractivity contribution in [3.8, 4) is 0 Å². The van der Waals surface area contributed by atoms with Crippen LogP contribution >= 0.6 is 0 Å². The maximum absolute atomic E-state index is 13.4. The fraction of sp³-hybridized carbons (Fsp3) is 0.231. The molecule has 32 heavy (non-hydrogen) atoms. The molecule has 2 fully saturated rings. The smallest absolute Gasteiger partial charge is 0.295 e. The number of aliphatic hydroxyl groups excluding tert-OH is 1. The molecule has 2 unspecified atom stereocenters. The SMILES string of the molecule is O=C1C(=O)N(CC2CCCO2)C(c2cccc3ccccc23)/C1=C(/O)c1ccc(F)cc1. The van der Waals surface area contributed by atoms with Crippen LogP contribution in [0.1, 0.15) is 30.0 Å². The van der Waals surface area contributed by atoms with Gasteiger partial charge in [0.1, 0.15) is 11.6 Å². The van der Waals surface area contributed by atoms with Gasteiger partial charge in [-0.15, -0.1) is 0 Å². The third kappa shape index (κ3) is 3.46. The summed E-state index contributed by atoms with van der Waals surface area (Å²) in [6, 6.07) is 17.9. The number of Topliss-reactive ketones (excluding diaryl/α,β-unsaturated/α-hetero) is 1. The molecule has 1 amide bonds. The summed E-state index contributed by atoms with van der Waals surface area (Å²) in [5, 5.41) is 13.0. The Morgan fingerprint density at radius 1 is 1.03 bits per heavy atom. The number of halogens is 1. The van der Waals surface area contributed by atoms with E-state index in [9.17, 15) is 19.1 Å². The van der Waals surface area contributed by atoms with Crippen LogP contribution in [0, 0.1) is 5.82 Å². The molecular weight excluding hydrogens is 409 g/mol. The van der Waals surface area contributed by atoms with Crippen LogP contribution in [-0.2, 0) is 14.3 Å². The summed E-state index contributed by atoms with van der Waals surface area (Å²) >= 11 is 0. The van der Waals surface area contributed by atoms with Gasteiger partial charge in [-0.2, -0.15) is 0 Å². The number of hydrogen-bond acceptors (Lipinski definition) is 4. The second-order valence-corrected chi connectivity index (χ2v) is 8.16. The molecule has 0 aliphatic carbocycles. The fourth-order valence-electron chi connectivity index (χ4n) is 4.65. The molecule has 5 nitrogen and oxygen atoms in total. The summed E-state index contributed by atoms with van der Waals surface area (Å²) in [6.45, 7) is 0.891. The minimum atomic E-state index is -0.768. The van der Waals surface area contributed by atoms with Crippen molar-refractivity contribution in [2.24, 2.45) is 0 Å². The average molecular weight is 431 g/mol. The van der Waals surface area contributed by atoms with Gasteiger partial charge in [0.05, 0.1) is 17.7 Å². The highest BCUT2D eigenvalue weighted by Crippen LogP contribution is 2.42. The lowest BCUT2D eigenvalue weighted by Crippen LogP contribution is -2.36. The third-order valence-electron chi connectivity index (χ3n) is 6.20. The summed E-state index contributed by atoms with van der Waals surface area (Å²) in [7, 11) is 0. The van der Waals surface area contributed by atoms with Crippen LogP contribution in [0.2, 0.25) is 0 Å². The van der Waals surface area contributed by atoms with E-state index in [4.69, 9.17) is 4.74 Å². The number of fused-ring (bicyclic) bond motifs is 1. The predicted octanol–water partition coefficient (Wildman–Crippen LogP) is 4.58. The maximum Gasteiger partial charge on any atom is 0.295 e. The lowest BCUT2D eigenvalue weighted by molar-refractivity contribution is -0.140. The summed E-state index contributed by atoms with van der Waals surface area (Å²) in [6.07, 6.45) is 1.56. The molecule has 2 aliphatic heterocycles. The molecule has 0 spiro atoms. The van der Waals surface area contributed by atoms with E-state index in [2.05, 4.69) is 0 Å². The number of benzene rings is 3. The maximum atomic E-state index is 13.4. The van der Waals surface area contributed by atoms with Crippen LogP contribution in [0.25, 0.3) is 16.5 Å². The van der Waals surface area contributed by atoms with E-state index in [0.717, 1.165) is 29.2 Å². The Labute approximate surface area is 184 Å². The van der Waals surface area contributed by atoms with Gasteiger partial charge < -0.3 is 14.7 Å². The van der Waals surface area contributed by atoms with Gasteiger partial charge in [-0.1, -0.05) is 42.5 Å². The molecule has 0 radical (unpaired) electrons. The van der Waals surface area contributed by atoms with Gasteiger partial charge in [0.25, 0.3) is 11.7 Å². The van der Waals surface area contributed by atoms with Crippen LogP contribution in [0.3, 0.4) is 0 Å². The number of aliphatic hydroxyl groups is 1. The lowest BCUT2D eigenvalue weighted by Gasteiger charge is -2.28. The second kappa shape index (κ2) is 8.20. The standard InChI is InChI=1S/C26H22FNO4/c27-18-12-10-17(11-13-18)24(29)22-23(21-9-3-6-16-5-1-2-8-20(16)21)28(26(31)25(22)30)15-19-7-4-14-32-19/h1-3,5-6,8-13,19,23,29H,4,7,14-15H2/b24-22-. The van der Waals surface area contributed by atoms with Gasteiger partial charge in [-0.3, -0.25) is 9.59 Å². The zero-order valence-electron chi connectivity index (χ0n) is 17.3. The van der Waals surface area contributed by atoms with Crippen molar-refractivity contribution in [3.05, 3.63) is 89.2 Å². The molecular formula is C26H22FNO4. The summed E-state index contributed by atoms with van der Waals surface area (Å²) in [5.41, 5.74) is 1.05. The first-order chi connectivity index (χ1) is 15.5. The van der Waals surface area contributed by atoms with Crippen molar-refractivity contribution in [1.29, 1.82) is 0 Å². The molecule has 3 aromatic carbocycles. The van der Waals surface area contributed by atoms with E-state index in [1.807, 2.05) is 42.5 Å². The molecule has 1 N–H and O–H groups in total. The molecule has 2 aliphatic rings. The Hall–Kier alpha value is -3.51. The van der Waals surface area contributed by atoms with E-state index in [1.165, 1.54) is 29.2 Å². The van der Waals surface area contributed by atoms with Crippen molar-refractivity contribution in [1.82, 2.24) is 4.90 Å². The summed E-state index contributed by atoms with van der Waals surface area (Å²) in [5.74, 6) is -2.17. The van der Waals surface area contributed by atoms with Crippen molar-refractivity contribution < 1.29 is 23.8 Å². The number of ketones is 1. The molecule has 0 bridgehead atoms. The Morgan fingerprint density at radius 2 is 1.78 bits per heavy atom. The third-order valence-corrected chi connectivity index (χ3v) is 6.20. The number of nitrogens with zero attached hydrogens (tertiary/aromatic N) is 1. The lowest BCUT2D eigenvalue weighted by atomic mass is 9.91. The normalized spacial score (nSPS) is 22.7. The van der Waals surface area contributed by atoms with Crippen molar-refractivity contribution in [2.45, 2.75) is 25.0 Å². The van der Waals surface area contributed by atoms with Gasteiger partial charge in [-0.25, -0.2) is 4.39 Å². The fourth-order valence-corrected chi connectivity index (χ4v) is 4.65. The van der Waals surface area contributed by atoms with Crippen LogP contribution in [-0.4, -0.2) is 41.0 Å². The molecule has 2 saturated heterocycles. The molecule has 2 atom stereocenters. The van der Waals surface area contributed by atoms with Crippen LogP contribution in [0.15, 0.2) is 72.3 Å². The summed E-state index contributed by atoms with van der Waals surface area (Å²) in [4.78, 5) is 27.8. The Morgan fingerprint density at radius 3 is 2.53 bits per heavy atom. The first-order valence-corrected chi connectivity index (χ1v) is 10.7. The first kappa shape index (κ1) is 20.4. The van der Waals surface area contributed by atoms with Crippen molar-refractivity contribution in [3.63, 3.8) is 0 Å². The number of hydrogen-bond donors (Lipinski definition) is 1. The average Bonchev–Trinajstić information content (AvgIpc) is 3.41. The van der Waals surface area contributed by atoms with Gasteiger partial charge >= 0.3 is 0 Å². The zero-order chi connectivity index (χ0) is 22.2. The monoisotopic (exact) mass is 431 g/mol. The number of carbonyl (C=O) groups excluding carboxylic acids is 2. The summed E-state index contributed by atoms with van der Waals surface area (Å²) < 4.78 is 19.2. The first-order valence-electron chi connectivity index (χ1n) is 10.7. The van der Waals surface area contributed by atoms with Crippen molar-refractivity contribution >= 4 is 28.2 Å². The highest BCUT2D eigenvalue weighted by Gasteiger charge is 2.47. The molecule has 3 aromatic rings. The number of rotatable bonds is 4. The molecule has 5 rings (SSSR count). The molecule has 162 valence electrons. The number of amides is 1. The van der Waals surface area contributed by atoms with Crippen LogP contribution < -0.4 is 0 Å². The number of likely N-dealkylation sites (tertiary alicyclic amines) is 1. The molecule has 0 saturated carbocycles. The van der Waals surface area contributed by atoms with E-state index < -0.39 is 23.5 Å². The van der Waals surface area contributed by atoms with Crippen molar-refractivity contribution in [2.75, 3.05) is 13.2 Å². The Balaban J connectivity index is 1.70. The van der Waals surface area contributed by atoms with Gasteiger partial charge in [0, 0.05) is 18.7 Å². The zero-order valence-corrected chi connectivity index (χ0v) is 17.3. The van der Waals surface area contributed by atoms with Gasteiger partial charge in [0.2, 0.25) is 0 Å². The van der Waals surface area contributed by atoms with Crippen LogP contribution in [0.5, 0.6) is 0 Å². The molecule has 2 heterocycles. The van der Waals surface area contributed by atoms with Gasteiger partial charge in [0.15, 0.2) is 0 Å². The highest BCUT2D eigenvalue weighted by atomic mass is 19.1. The topological polar surface area (TPSA) is 66.8 Å². The van der Waals surface area contributed by atoms with Crippen LogP contribution in [0.4, 0.5) is 4.39 Å². The quantitative estimate of drug-likeness (QED) is 0.373. The Bertz CT molecular complexity index is 1220. The largest absolute Gasteiger partial charge is 0.507 e. The van der Waals surface area contributed by atoms with Gasteiger partial charge in [-0.05, 0) is 53.4 Å². The number of ether oxygens (including phenoxy) is 1. The highest BCUT2D eigenvalue weighted by molar-refractivity contribution is 6.46. The molecule has 0 aromatic heterocycles.